The van der Waals surface area contributed by atoms with Gasteiger partial charge in [0, 0.05) is 18.8 Å². The first-order valence-corrected chi connectivity index (χ1v) is 6.60. The van der Waals surface area contributed by atoms with E-state index in [2.05, 4.69) is 10.2 Å². The number of anilines is 1. The number of ether oxygens (including phenoxy) is 2. The summed E-state index contributed by atoms with van der Waals surface area (Å²) in [5, 5.41) is 2.88. The fourth-order valence-electron chi connectivity index (χ4n) is 1.96. The largest absolute Gasteiger partial charge is 0.494 e. The van der Waals surface area contributed by atoms with Gasteiger partial charge in [0.2, 0.25) is 5.91 Å². The van der Waals surface area contributed by atoms with Crippen molar-refractivity contribution >= 4 is 11.6 Å². The lowest BCUT2D eigenvalue weighted by Crippen LogP contribution is -2.41. The molecule has 1 aromatic rings. The van der Waals surface area contributed by atoms with Crippen molar-refractivity contribution < 1.29 is 14.3 Å². The van der Waals surface area contributed by atoms with Gasteiger partial charge in [0.1, 0.15) is 5.75 Å². The lowest BCUT2D eigenvalue weighted by molar-refractivity contribution is -0.118. The zero-order valence-electron chi connectivity index (χ0n) is 11.2. The Morgan fingerprint density at radius 2 is 2.00 bits per heavy atom. The summed E-state index contributed by atoms with van der Waals surface area (Å²) in [5.74, 6) is 0.819. The number of morpholine rings is 1. The number of amides is 1. The number of nitrogens with one attached hydrogen (secondary N) is 1. The van der Waals surface area contributed by atoms with Crippen molar-refractivity contribution in [2.24, 2.45) is 0 Å². The Morgan fingerprint density at radius 3 is 2.63 bits per heavy atom. The van der Waals surface area contributed by atoms with Crippen LogP contribution in [0.3, 0.4) is 0 Å². The Balaban J connectivity index is 1.80. The van der Waals surface area contributed by atoms with Crippen LogP contribution < -0.4 is 10.1 Å². The highest BCUT2D eigenvalue weighted by atomic mass is 16.5. The van der Waals surface area contributed by atoms with Crippen molar-refractivity contribution in [3.8, 4) is 5.75 Å². The number of rotatable bonds is 5. The van der Waals surface area contributed by atoms with Gasteiger partial charge in [-0.05, 0) is 31.2 Å². The van der Waals surface area contributed by atoms with E-state index in [1.807, 2.05) is 31.2 Å². The second-order valence-corrected chi connectivity index (χ2v) is 4.39. The highest BCUT2D eigenvalue weighted by Gasteiger charge is 2.13. The Labute approximate surface area is 113 Å². The molecule has 0 bridgehead atoms. The second kappa shape index (κ2) is 7.11. The third kappa shape index (κ3) is 4.54. The first-order valence-electron chi connectivity index (χ1n) is 6.60. The lowest BCUT2D eigenvalue weighted by atomic mass is 10.3. The molecule has 1 fully saturated rings. The molecule has 0 radical (unpaired) electrons. The maximum atomic E-state index is 11.9. The number of benzene rings is 1. The van der Waals surface area contributed by atoms with E-state index in [0.29, 0.717) is 26.4 Å². The summed E-state index contributed by atoms with van der Waals surface area (Å²) in [7, 11) is 0. The standard InChI is InChI=1S/C14H20N2O3/c1-2-19-13-5-3-12(4-6-13)15-14(17)11-16-7-9-18-10-8-16/h3-6H,2,7-11H2,1H3,(H,15,17). The molecule has 1 aromatic carbocycles. The van der Waals surface area contributed by atoms with Crippen molar-refractivity contribution in [1.29, 1.82) is 0 Å². The van der Waals surface area contributed by atoms with Gasteiger partial charge in [-0.25, -0.2) is 0 Å². The van der Waals surface area contributed by atoms with E-state index >= 15 is 0 Å². The lowest BCUT2D eigenvalue weighted by Gasteiger charge is -2.25. The molecule has 2 rings (SSSR count). The number of carbonyl (C=O) groups is 1. The van der Waals surface area contributed by atoms with Crippen molar-refractivity contribution in [2.45, 2.75) is 6.92 Å². The molecule has 0 saturated carbocycles. The molecule has 1 aliphatic rings. The molecule has 1 saturated heterocycles. The van der Waals surface area contributed by atoms with Gasteiger partial charge >= 0.3 is 0 Å². The molecule has 0 unspecified atom stereocenters. The van der Waals surface area contributed by atoms with Gasteiger partial charge in [0.05, 0.1) is 26.4 Å². The molecule has 0 spiro atoms. The molecule has 1 aliphatic heterocycles. The molecule has 5 heteroatoms. The predicted molar refractivity (Wildman–Crippen MR) is 73.5 cm³/mol. The molecular formula is C14H20N2O3. The highest BCUT2D eigenvalue weighted by molar-refractivity contribution is 5.92. The Kier molecular flexibility index (Phi) is 5.18. The van der Waals surface area contributed by atoms with E-state index in [1.54, 1.807) is 0 Å². The fraction of sp³-hybridized carbons (Fsp3) is 0.500. The minimum Gasteiger partial charge on any atom is -0.494 e. The summed E-state index contributed by atoms with van der Waals surface area (Å²) in [6.07, 6.45) is 0. The molecule has 0 atom stereocenters. The first kappa shape index (κ1) is 13.8. The van der Waals surface area contributed by atoms with Gasteiger partial charge in [-0.3, -0.25) is 9.69 Å². The summed E-state index contributed by atoms with van der Waals surface area (Å²) >= 11 is 0. The average molecular weight is 264 g/mol. The van der Waals surface area contributed by atoms with E-state index in [-0.39, 0.29) is 5.91 Å². The van der Waals surface area contributed by atoms with Gasteiger partial charge in [-0.2, -0.15) is 0 Å². The van der Waals surface area contributed by atoms with Gasteiger partial charge in [-0.15, -0.1) is 0 Å². The first-order chi connectivity index (χ1) is 9.28. The van der Waals surface area contributed by atoms with Crippen molar-refractivity contribution in [2.75, 3.05) is 44.8 Å². The van der Waals surface area contributed by atoms with Gasteiger partial charge < -0.3 is 14.8 Å². The van der Waals surface area contributed by atoms with Gasteiger partial charge in [-0.1, -0.05) is 0 Å². The predicted octanol–water partition coefficient (Wildman–Crippen LogP) is 1.36. The van der Waals surface area contributed by atoms with E-state index in [4.69, 9.17) is 9.47 Å². The van der Waals surface area contributed by atoms with Crippen molar-refractivity contribution in [3.05, 3.63) is 24.3 Å². The molecule has 0 aliphatic carbocycles. The molecule has 104 valence electrons. The molecule has 0 aromatic heterocycles. The zero-order chi connectivity index (χ0) is 13.5. The zero-order valence-corrected chi connectivity index (χ0v) is 11.2. The molecule has 5 nitrogen and oxygen atoms in total. The number of hydrogen-bond acceptors (Lipinski definition) is 4. The van der Waals surface area contributed by atoms with E-state index in [0.717, 1.165) is 24.5 Å². The van der Waals surface area contributed by atoms with Crippen LogP contribution in [0.4, 0.5) is 5.69 Å². The van der Waals surface area contributed by atoms with Crippen LogP contribution in [-0.2, 0) is 9.53 Å². The molecule has 1 amide bonds. The molecular weight excluding hydrogens is 244 g/mol. The van der Waals surface area contributed by atoms with Crippen molar-refractivity contribution in [1.82, 2.24) is 4.90 Å². The minimum atomic E-state index is 0.00561. The topological polar surface area (TPSA) is 50.8 Å². The van der Waals surface area contributed by atoms with Crippen LogP contribution in [-0.4, -0.2) is 50.3 Å². The molecule has 1 heterocycles. The number of nitrogens with zero attached hydrogens (tertiary/aromatic N) is 1. The SMILES string of the molecule is CCOc1ccc(NC(=O)CN2CCOCC2)cc1. The van der Waals surface area contributed by atoms with Crippen LogP contribution >= 0.6 is 0 Å². The Hall–Kier alpha value is -1.59. The monoisotopic (exact) mass is 264 g/mol. The van der Waals surface area contributed by atoms with Gasteiger partial charge in [0.25, 0.3) is 0 Å². The number of hydrogen-bond donors (Lipinski definition) is 1. The summed E-state index contributed by atoms with van der Waals surface area (Å²) in [6, 6.07) is 7.41. The fourth-order valence-corrected chi connectivity index (χ4v) is 1.96. The molecule has 19 heavy (non-hydrogen) atoms. The maximum absolute atomic E-state index is 11.9. The summed E-state index contributed by atoms with van der Waals surface area (Å²) in [4.78, 5) is 14.0. The van der Waals surface area contributed by atoms with Crippen LogP contribution in [0.2, 0.25) is 0 Å². The van der Waals surface area contributed by atoms with Crippen LogP contribution in [0.25, 0.3) is 0 Å². The highest BCUT2D eigenvalue weighted by Crippen LogP contribution is 2.15. The van der Waals surface area contributed by atoms with E-state index in [9.17, 15) is 4.79 Å². The van der Waals surface area contributed by atoms with E-state index < -0.39 is 0 Å². The van der Waals surface area contributed by atoms with Crippen LogP contribution in [0.5, 0.6) is 5.75 Å². The molecule has 1 N–H and O–H groups in total. The quantitative estimate of drug-likeness (QED) is 0.872. The second-order valence-electron chi connectivity index (χ2n) is 4.39. The third-order valence-corrected chi connectivity index (χ3v) is 2.92. The van der Waals surface area contributed by atoms with Crippen LogP contribution in [0.15, 0.2) is 24.3 Å². The average Bonchev–Trinajstić information content (AvgIpc) is 2.42. The smallest absolute Gasteiger partial charge is 0.238 e. The summed E-state index contributed by atoms with van der Waals surface area (Å²) < 4.78 is 10.6. The summed E-state index contributed by atoms with van der Waals surface area (Å²) in [5.41, 5.74) is 0.793. The minimum absolute atomic E-state index is 0.00561. The third-order valence-electron chi connectivity index (χ3n) is 2.92. The summed E-state index contributed by atoms with van der Waals surface area (Å²) in [6.45, 7) is 6.04. The van der Waals surface area contributed by atoms with Crippen molar-refractivity contribution in [3.63, 3.8) is 0 Å². The Morgan fingerprint density at radius 1 is 1.32 bits per heavy atom. The Bertz CT molecular complexity index is 400. The number of carbonyl (C=O) groups excluding carboxylic acids is 1. The van der Waals surface area contributed by atoms with E-state index in [1.165, 1.54) is 0 Å². The van der Waals surface area contributed by atoms with Gasteiger partial charge in [0.15, 0.2) is 0 Å². The van der Waals surface area contributed by atoms with Crippen LogP contribution in [0.1, 0.15) is 6.92 Å². The van der Waals surface area contributed by atoms with Crippen LogP contribution in [0, 0.1) is 0 Å². The maximum Gasteiger partial charge on any atom is 0.238 e. The normalized spacial score (nSPS) is 16.1.